The molecule has 24 heavy (non-hydrogen) atoms. The van der Waals surface area contributed by atoms with Crippen molar-refractivity contribution in [1.82, 2.24) is 15.1 Å². The standard InChI is InChI=1S/C18H32N4O.HI/c1-3-15(22-12-4-6-16(22)23)7-11-20-17(19-2)21-13-10-18(14-21)8-5-9-18;/h15H,3-14H2,1-2H3,(H,19,20);1H. The third kappa shape index (κ3) is 4.17. The molecule has 1 aliphatic carbocycles. The predicted octanol–water partition coefficient (Wildman–Crippen LogP) is 2.85. The summed E-state index contributed by atoms with van der Waals surface area (Å²) in [7, 11) is 1.88. The number of halogens is 1. The Bertz CT molecular complexity index is 464. The molecule has 6 heteroatoms. The van der Waals surface area contributed by atoms with Crippen LogP contribution in [0.1, 0.15) is 58.3 Å². The van der Waals surface area contributed by atoms with Gasteiger partial charge >= 0.3 is 0 Å². The zero-order valence-electron chi connectivity index (χ0n) is 15.2. The number of nitrogens with zero attached hydrogens (tertiary/aromatic N) is 3. The molecule has 1 amide bonds. The van der Waals surface area contributed by atoms with Crippen LogP contribution < -0.4 is 5.32 Å². The van der Waals surface area contributed by atoms with E-state index in [1.807, 2.05) is 7.05 Å². The van der Waals surface area contributed by atoms with Gasteiger partial charge in [-0.15, -0.1) is 24.0 Å². The Balaban J connectivity index is 0.00000208. The molecule has 0 aromatic rings. The Hall–Kier alpha value is -0.530. The molecule has 5 nitrogen and oxygen atoms in total. The lowest BCUT2D eigenvalue weighted by Gasteiger charge is -2.38. The van der Waals surface area contributed by atoms with Crippen LogP contribution >= 0.6 is 24.0 Å². The van der Waals surface area contributed by atoms with E-state index < -0.39 is 0 Å². The molecule has 3 fully saturated rings. The van der Waals surface area contributed by atoms with Gasteiger partial charge in [0.2, 0.25) is 5.91 Å². The highest BCUT2D eigenvalue weighted by molar-refractivity contribution is 14.0. The molecule has 2 saturated heterocycles. The van der Waals surface area contributed by atoms with E-state index in [1.165, 1.54) is 32.2 Å². The van der Waals surface area contributed by atoms with Crippen LogP contribution in [0.4, 0.5) is 0 Å². The minimum absolute atomic E-state index is 0. The molecule has 3 aliphatic rings. The van der Waals surface area contributed by atoms with Crippen molar-refractivity contribution in [3.63, 3.8) is 0 Å². The van der Waals surface area contributed by atoms with Crippen LogP contribution in [0.3, 0.4) is 0 Å². The van der Waals surface area contributed by atoms with Crippen molar-refractivity contribution in [3.05, 3.63) is 0 Å². The molecule has 0 aromatic heterocycles. The van der Waals surface area contributed by atoms with E-state index in [0.717, 1.165) is 51.3 Å². The van der Waals surface area contributed by atoms with Gasteiger partial charge in [0.25, 0.3) is 0 Å². The van der Waals surface area contributed by atoms with Crippen molar-refractivity contribution in [1.29, 1.82) is 0 Å². The first-order valence-electron chi connectivity index (χ1n) is 9.42. The molecule has 0 bridgehead atoms. The molecule has 0 radical (unpaired) electrons. The summed E-state index contributed by atoms with van der Waals surface area (Å²) in [5.74, 6) is 1.39. The van der Waals surface area contributed by atoms with Crippen molar-refractivity contribution in [2.24, 2.45) is 10.4 Å². The number of hydrogen-bond donors (Lipinski definition) is 1. The van der Waals surface area contributed by atoms with Crippen molar-refractivity contribution in [2.45, 2.75) is 64.3 Å². The smallest absolute Gasteiger partial charge is 0.222 e. The van der Waals surface area contributed by atoms with E-state index in [1.54, 1.807) is 0 Å². The molecule has 1 N–H and O–H groups in total. The van der Waals surface area contributed by atoms with Gasteiger partial charge in [-0.3, -0.25) is 9.79 Å². The van der Waals surface area contributed by atoms with Crippen LogP contribution in [0.2, 0.25) is 0 Å². The zero-order chi connectivity index (χ0) is 16.3. The lowest BCUT2D eigenvalue weighted by Crippen LogP contribution is -2.44. The molecule has 1 spiro atoms. The third-order valence-corrected chi connectivity index (χ3v) is 6.15. The number of likely N-dealkylation sites (tertiary alicyclic amines) is 2. The maximum Gasteiger partial charge on any atom is 0.222 e. The Morgan fingerprint density at radius 2 is 2.08 bits per heavy atom. The van der Waals surface area contributed by atoms with E-state index in [9.17, 15) is 4.79 Å². The van der Waals surface area contributed by atoms with Crippen molar-refractivity contribution in [3.8, 4) is 0 Å². The second-order valence-electron chi connectivity index (χ2n) is 7.54. The van der Waals surface area contributed by atoms with Gasteiger partial charge in [-0.05, 0) is 43.9 Å². The fraction of sp³-hybridized carbons (Fsp3) is 0.889. The van der Waals surface area contributed by atoms with Crippen molar-refractivity contribution in [2.75, 3.05) is 33.2 Å². The number of amides is 1. The highest BCUT2D eigenvalue weighted by Gasteiger charge is 2.43. The number of nitrogens with one attached hydrogen (secondary N) is 1. The lowest BCUT2D eigenvalue weighted by molar-refractivity contribution is -0.129. The molecule has 138 valence electrons. The normalized spacial score (nSPS) is 24.1. The van der Waals surface area contributed by atoms with Gasteiger partial charge < -0.3 is 15.1 Å². The number of hydrogen-bond acceptors (Lipinski definition) is 2. The van der Waals surface area contributed by atoms with Crippen molar-refractivity contribution >= 4 is 35.8 Å². The van der Waals surface area contributed by atoms with Crippen LogP contribution in [-0.4, -0.2) is 60.9 Å². The third-order valence-electron chi connectivity index (χ3n) is 6.15. The van der Waals surface area contributed by atoms with Gasteiger partial charge in [0, 0.05) is 45.7 Å². The van der Waals surface area contributed by atoms with Gasteiger partial charge in [-0.1, -0.05) is 13.3 Å². The molecule has 1 unspecified atom stereocenters. The van der Waals surface area contributed by atoms with Crippen LogP contribution in [0.5, 0.6) is 0 Å². The van der Waals surface area contributed by atoms with E-state index in [0.29, 0.717) is 17.4 Å². The second kappa shape index (κ2) is 8.72. The number of carbonyl (C=O) groups excluding carboxylic acids is 1. The summed E-state index contributed by atoms with van der Waals surface area (Å²) in [5.41, 5.74) is 0.603. The lowest BCUT2D eigenvalue weighted by atomic mass is 9.68. The number of carbonyl (C=O) groups is 1. The molecule has 3 rings (SSSR count). The molecular formula is C18H33IN4O. The van der Waals surface area contributed by atoms with Gasteiger partial charge in [0.05, 0.1) is 0 Å². The maximum atomic E-state index is 11.9. The molecular weight excluding hydrogens is 415 g/mol. The average molecular weight is 448 g/mol. The maximum absolute atomic E-state index is 11.9. The van der Waals surface area contributed by atoms with Gasteiger partial charge in [-0.2, -0.15) is 0 Å². The van der Waals surface area contributed by atoms with Crippen LogP contribution in [0.15, 0.2) is 4.99 Å². The number of guanidine groups is 1. The molecule has 1 saturated carbocycles. The minimum Gasteiger partial charge on any atom is -0.356 e. The predicted molar refractivity (Wildman–Crippen MR) is 109 cm³/mol. The Morgan fingerprint density at radius 3 is 2.58 bits per heavy atom. The highest BCUT2D eigenvalue weighted by Crippen LogP contribution is 2.47. The average Bonchev–Trinajstić information content (AvgIpc) is 3.14. The van der Waals surface area contributed by atoms with Gasteiger partial charge in [0.15, 0.2) is 5.96 Å². The van der Waals surface area contributed by atoms with Crippen LogP contribution in [-0.2, 0) is 4.79 Å². The zero-order valence-corrected chi connectivity index (χ0v) is 17.6. The number of aliphatic imine (C=N–C) groups is 1. The monoisotopic (exact) mass is 448 g/mol. The SMILES string of the molecule is CCC(CCNC(=NC)N1CCC2(CCC2)C1)N1CCCC1=O.I. The fourth-order valence-electron chi connectivity index (χ4n) is 4.52. The van der Waals surface area contributed by atoms with Crippen LogP contribution in [0.25, 0.3) is 0 Å². The minimum atomic E-state index is 0. The molecule has 1 atom stereocenters. The molecule has 2 heterocycles. The largest absolute Gasteiger partial charge is 0.356 e. The summed E-state index contributed by atoms with van der Waals surface area (Å²) in [6.07, 6.45) is 9.35. The summed E-state index contributed by atoms with van der Waals surface area (Å²) >= 11 is 0. The molecule has 0 aromatic carbocycles. The number of rotatable bonds is 5. The summed E-state index contributed by atoms with van der Waals surface area (Å²) in [6.45, 7) is 6.35. The van der Waals surface area contributed by atoms with E-state index in [-0.39, 0.29) is 24.0 Å². The Kier molecular flexibility index (Phi) is 7.19. The van der Waals surface area contributed by atoms with Gasteiger partial charge in [-0.25, -0.2) is 0 Å². The topological polar surface area (TPSA) is 47.9 Å². The Morgan fingerprint density at radius 1 is 1.29 bits per heavy atom. The van der Waals surface area contributed by atoms with E-state index >= 15 is 0 Å². The van der Waals surface area contributed by atoms with E-state index in [4.69, 9.17) is 0 Å². The first kappa shape index (κ1) is 19.8. The quantitative estimate of drug-likeness (QED) is 0.400. The van der Waals surface area contributed by atoms with E-state index in [2.05, 4.69) is 27.0 Å². The highest BCUT2D eigenvalue weighted by atomic mass is 127. The first-order valence-corrected chi connectivity index (χ1v) is 9.42. The second-order valence-corrected chi connectivity index (χ2v) is 7.54. The summed E-state index contributed by atoms with van der Waals surface area (Å²) < 4.78 is 0. The summed E-state index contributed by atoms with van der Waals surface area (Å²) in [5, 5.41) is 3.54. The van der Waals surface area contributed by atoms with Crippen molar-refractivity contribution < 1.29 is 4.79 Å². The molecule has 2 aliphatic heterocycles. The summed E-state index contributed by atoms with van der Waals surface area (Å²) in [6, 6.07) is 0.382. The summed E-state index contributed by atoms with van der Waals surface area (Å²) in [4.78, 5) is 20.9. The first-order chi connectivity index (χ1) is 11.2. The van der Waals surface area contributed by atoms with Crippen LogP contribution in [0, 0.1) is 5.41 Å². The Labute approximate surface area is 163 Å². The van der Waals surface area contributed by atoms with Gasteiger partial charge in [0.1, 0.15) is 0 Å². The fourth-order valence-corrected chi connectivity index (χ4v) is 4.52.